The summed E-state index contributed by atoms with van der Waals surface area (Å²) in [6.07, 6.45) is 3.61. The molecule has 9 heteroatoms. The van der Waals surface area contributed by atoms with Crippen molar-refractivity contribution in [2.24, 2.45) is 0 Å². The number of hydrogen-bond donors (Lipinski definition) is 1. The van der Waals surface area contributed by atoms with Crippen LogP contribution in [0.2, 0.25) is 0 Å². The predicted octanol–water partition coefficient (Wildman–Crippen LogP) is 2.96. The Morgan fingerprint density at radius 2 is 1.73 bits per heavy atom. The lowest BCUT2D eigenvalue weighted by atomic mass is 10.1. The Labute approximate surface area is 192 Å². The first-order chi connectivity index (χ1) is 16.1. The lowest BCUT2D eigenvalue weighted by molar-refractivity contribution is 0.0671. The van der Waals surface area contributed by atoms with Crippen LogP contribution in [0.3, 0.4) is 0 Å². The number of methoxy groups -OCH3 is 1. The molecule has 1 N–H and O–H groups in total. The van der Waals surface area contributed by atoms with Gasteiger partial charge in [0.05, 0.1) is 13.7 Å². The van der Waals surface area contributed by atoms with Crippen LogP contribution >= 0.6 is 0 Å². The summed E-state index contributed by atoms with van der Waals surface area (Å²) in [6.45, 7) is 2.98. The first-order valence-corrected chi connectivity index (χ1v) is 10.8. The zero-order chi connectivity index (χ0) is 23.0. The van der Waals surface area contributed by atoms with Gasteiger partial charge in [0.1, 0.15) is 18.1 Å². The summed E-state index contributed by atoms with van der Waals surface area (Å²) in [7, 11) is 1.57. The van der Waals surface area contributed by atoms with E-state index in [0.29, 0.717) is 62.1 Å². The highest BCUT2D eigenvalue weighted by Gasteiger charge is 2.25. The van der Waals surface area contributed by atoms with Crippen LogP contribution in [0.25, 0.3) is 0 Å². The normalized spacial score (nSPS) is 13.5. The third-order valence-corrected chi connectivity index (χ3v) is 5.40. The molecule has 1 aliphatic rings. The molecule has 33 heavy (non-hydrogen) atoms. The SMILES string of the molecule is COc1cccc(C(=O)N2CCN(C(=O)Nc3cccc(OCCn4cccn4)c3)CC2)c1. The third-order valence-electron chi connectivity index (χ3n) is 5.40. The van der Waals surface area contributed by atoms with Crippen molar-refractivity contribution in [2.75, 3.05) is 45.2 Å². The molecule has 0 saturated carbocycles. The molecule has 0 atom stereocenters. The van der Waals surface area contributed by atoms with E-state index in [1.807, 2.05) is 30.5 Å². The highest BCUT2D eigenvalue weighted by Crippen LogP contribution is 2.19. The number of carbonyl (C=O) groups is 2. The van der Waals surface area contributed by atoms with Gasteiger partial charge in [0.25, 0.3) is 5.91 Å². The van der Waals surface area contributed by atoms with Crippen LogP contribution in [0.1, 0.15) is 10.4 Å². The van der Waals surface area contributed by atoms with Gasteiger partial charge in [-0.1, -0.05) is 12.1 Å². The zero-order valence-electron chi connectivity index (χ0n) is 18.5. The molecule has 2 heterocycles. The minimum atomic E-state index is -0.197. The number of piperazine rings is 1. The molecule has 4 rings (SSSR count). The lowest BCUT2D eigenvalue weighted by Crippen LogP contribution is -2.51. The van der Waals surface area contributed by atoms with Gasteiger partial charge >= 0.3 is 6.03 Å². The molecule has 3 aromatic rings. The van der Waals surface area contributed by atoms with Gasteiger partial charge in [-0.05, 0) is 36.4 Å². The number of hydrogen-bond acceptors (Lipinski definition) is 5. The number of amides is 3. The van der Waals surface area contributed by atoms with E-state index in [1.54, 1.807) is 58.1 Å². The summed E-state index contributed by atoms with van der Waals surface area (Å²) in [5.74, 6) is 1.26. The van der Waals surface area contributed by atoms with Gasteiger partial charge in [0, 0.05) is 55.9 Å². The van der Waals surface area contributed by atoms with Crippen molar-refractivity contribution in [3.63, 3.8) is 0 Å². The van der Waals surface area contributed by atoms with E-state index in [-0.39, 0.29) is 11.9 Å². The molecule has 1 fully saturated rings. The first-order valence-electron chi connectivity index (χ1n) is 10.8. The van der Waals surface area contributed by atoms with E-state index >= 15 is 0 Å². The van der Waals surface area contributed by atoms with Crippen LogP contribution in [0, 0.1) is 0 Å². The number of nitrogens with zero attached hydrogens (tertiary/aromatic N) is 4. The minimum absolute atomic E-state index is 0.0612. The molecule has 0 unspecified atom stereocenters. The van der Waals surface area contributed by atoms with E-state index in [4.69, 9.17) is 9.47 Å². The summed E-state index contributed by atoms with van der Waals surface area (Å²) < 4.78 is 12.8. The van der Waals surface area contributed by atoms with Crippen LogP contribution in [-0.2, 0) is 6.54 Å². The summed E-state index contributed by atoms with van der Waals surface area (Å²) in [5.41, 5.74) is 1.24. The number of nitrogens with one attached hydrogen (secondary N) is 1. The van der Waals surface area contributed by atoms with Crippen LogP contribution in [0.5, 0.6) is 11.5 Å². The van der Waals surface area contributed by atoms with E-state index in [2.05, 4.69) is 10.4 Å². The molecule has 0 aliphatic carbocycles. The second kappa shape index (κ2) is 10.5. The number of aromatic nitrogens is 2. The Hall–Kier alpha value is -4.01. The Morgan fingerprint density at radius 3 is 2.48 bits per heavy atom. The second-order valence-electron chi connectivity index (χ2n) is 7.59. The molecular formula is C24H27N5O4. The molecule has 1 saturated heterocycles. The Kier molecular flexibility index (Phi) is 7.09. The molecule has 3 amide bonds. The fourth-order valence-electron chi connectivity index (χ4n) is 3.61. The van der Waals surface area contributed by atoms with Gasteiger partial charge in [0.15, 0.2) is 0 Å². The number of benzene rings is 2. The minimum Gasteiger partial charge on any atom is -0.497 e. The molecule has 1 aliphatic heterocycles. The van der Waals surface area contributed by atoms with E-state index in [1.165, 1.54) is 0 Å². The monoisotopic (exact) mass is 449 g/mol. The number of rotatable bonds is 7. The topological polar surface area (TPSA) is 88.9 Å². The average Bonchev–Trinajstić information content (AvgIpc) is 3.37. The third kappa shape index (κ3) is 5.82. The van der Waals surface area contributed by atoms with Crippen molar-refractivity contribution in [3.05, 3.63) is 72.6 Å². The van der Waals surface area contributed by atoms with Gasteiger partial charge in [-0.3, -0.25) is 9.48 Å². The van der Waals surface area contributed by atoms with Crippen molar-refractivity contribution in [3.8, 4) is 11.5 Å². The van der Waals surface area contributed by atoms with Crippen molar-refractivity contribution in [1.29, 1.82) is 0 Å². The Morgan fingerprint density at radius 1 is 0.970 bits per heavy atom. The van der Waals surface area contributed by atoms with Crippen LogP contribution < -0.4 is 14.8 Å². The highest BCUT2D eigenvalue weighted by molar-refractivity contribution is 5.95. The van der Waals surface area contributed by atoms with Crippen LogP contribution in [0.4, 0.5) is 10.5 Å². The number of urea groups is 1. The lowest BCUT2D eigenvalue weighted by Gasteiger charge is -2.34. The maximum Gasteiger partial charge on any atom is 0.321 e. The summed E-state index contributed by atoms with van der Waals surface area (Å²) in [4.78, 5) is 29.0. The van der Waals surface area contributed by atoms with E-state index < -0.39 is 0 Å². The smallest absolute Gasteiger partial charge is 0.321 e. The summed E-state index contributed by atoms with van der Waals surface area (Å²) in [6, 6.07) is 16.1. The average molecular weight is 450 g/mol. The fraction of sp³-hybridized carbons (Fsp3) is 0.292. The summed E-state index contributed by atoms with van der Waals surface area (Å²) in [5, 5.41) is 7.06. The van der Waals surface area contributed by atoms with Gasteiger partial charge in [-0.15, -0.1) is 0 Å². The quantitative estimate of drug-likeness (QED) is 0.599. The number of carbonyl (C=O) groups excluding carboxylic acids is 2. The number of ether oxygens (including phenoxy) is 2. The van der Waals surface area contributed by atoms with E-state index in [0.717, 1.165) is 0 Å². The van der Waals surface area contributed by atoms with Crippen molar-refractivity contribution >= 4 is 17.6 Å². The summed E-state index contributed by atoms with van der Waals surface area (Å²) >= 11 is 0. The van der Waals surface area contributed by atoms with Gasteiger partial charge in [-0.25, -0.2) is 4.79 Å². The maximum atomic E-state index is 12.8. The van der Waals surface area contributed by atoms with Crippen molar-refractivity contribution < 1.29 is 19.1 Å². The molecule has 2 aromatic carbocycles. The molecule has 0 radical (unpaired) electrons. The Balaban J connectivity index is 1.26. The molecule has 172 valence electrons. The predicted molar refractivity (Wildman–Crippen MR) is 124 cm³/mol. The van der Waals surface area contributed by atoms with Gasteiger partial charge in [0.2, 0.25) is 0 Å². The Bertz CT molecular complexity index is 1080. The maximum absolute atomic E-state index is 12.8. The van der Waals surface area contributed by atoms with Crippen LogP contribution in [0.15, 0.2) is 67.0 Å². The number of anilines is 1. The molecule has 0 spiro atoms. The van der Waals surface area contributed by atoms with Crippen LogP contribution in [-0.4, -0.2) is 71.4 Å². The molecule has 0 bridgehead atoms. The van der Waals surface area contributed by atoms with Gasteiger partial charge in [-0.2, -0.15) is 5.10 Å². The second-order valence-corrected chi connectivity index (χ2v) is 7.59. The van der Waals surface area contributed by atoms with Gasteiger partial charge < -0.3 is 24.6 Å². The van der Waals surface area contributed by atoms with Crippen molar-refractivity contribution in [2.45, 2.75) is 6.54 Å². The van der Waals surface area contributed by atoms with E-state index in [9.17, 15) is 9.59 Å². The largest absolute Gasteiger partial charge is 0.497 e. The van der Waals surface area contributed by atoms with Crippen molar-refractivity contribution in [1.82, 2.24) is 19.6 Å². The fourth-order valence-corrected chi connectivity index (χ4v) is 3.61. The first kappa shape index (κ1) is 22.2. The standard InChI is InChI=1S/C24H27N5O4/c1-32-21-7-2-5-19(17-21)23(30)27-11-13-28(14-12-27)24(31)26-20-6-3-8-22(18-20)33-16-15-29-10-4-9-25-29/h2-10,17-18H,11-16H2,1H3,(H,26,31). The highest BCUT2D eigenvalue weighted by atomic mass is 16.5. The molecule has 9 nitrogen and oxygen atoms in total. The molecule has 1 aromatic heterocycles. The zero-order valence-corrected chi connectivity index (χ0v) is 18.5. The molecular weight excluding hydrogens is 422 g/mol.